The molecule has 1 saturated carbocycles. The maximum Gasteiger partial charge on any atom is 0.391 e. The van der Waals surface area contributed by atoms with E-state index in [1.165, 1.54) is 12.0 Å². The van der Waals surface area contributed by atoms with Crippen LogP contribution in [0.15, 0.2) is 11.6 Å². The van der Waals surface area contributed by atoms with E-state index in [-0.39, 0.29) is 24.8 Å². The zero-order valence-electron chi connectivity index (χ0n) is 10.7. The van der Waals surface area contributed by atoms with Gasteiger partial charge in [0.05, 0.1) is 5.92 Å². The van der Waals surface area contributed by atoms with Crippen molar-refractivity contribution in [1.82, 2.24) is 0 Å². The molecule has 0 aromatic carbocycles. The van der Waals surface area contributed by atoms with Gasteiger partial charge in [-0.15, -0.1) is 0 Å². The summed E-state index contributed by atoms with van der Waals surface area (Å²) in [5, 5.41) is 0. The van der Waals surface area contributed by atoms with Gasteiger partial charge in [-0.1, -0.05) is 18.1 Å². The Morgan fingerprint density at radius 3 is 2.56 bits per heavy atom. The van der Waals surface area contributed by atoms with Crippen molar-refractivity contribution in [3.8, 4) is 0 Å². The van der Waals surface area contributed by atoms with Crippen LogP contribution >= 0.6 is 0 Å². The van der Waals surface area contributed by atoms with Gasteiger partial charge in [-0.3, -0.25) is 0 Å². The minimum atomic E-state index is -4.04. The van der Waals surface area contributed by atoms with E-state index in [1.54, 1.807) is 0 Å². The van der Waals surface area contributed by atoms with Crippen LogP contribution in [0.5, 0.6) is 0 Å². The molecule has 0 radical (unpaired) electrons. The Balaban J connectivity index is 1.98. The molecule has 2 aliphatic rings. The number of allylic oxidation sites excluding steroid dienone is 1. The first kappa shape index (κ1) is 13.9. The average molecular weight is 261 g/mol. The fraction of sp³-hybridized carbons (Fsp3) is 0.857. The van der Waals surface area contributed by atoms with Crippen LogP contribution in [0.1, 0.15) is 51.4 Å². The lowest BCUT2D eigenvalue weighted by molar-refractivity contribution is -0.186. The molecule has 0 aromatic rings. The van der Waals surface area contributed by atoms with E-state index < -0.39 is 12.1 Å². The highest BCUT2D eigenvalue weighted by Gasteiger charge is 2.43. The van der Waals surface area contributed by atoms with Crippen LogP contribution in [-0.4, -0.2) is 12.2 Å². The Labute approximate surface area is 107 Å². The van der Waals surface area contributed by atoms with Crippen LogP contribution in [0, 0.1) is 11.8 Å². The van der Waals surface area contributed by atoms with Crippen molar-refractivity contribution >= 4 is 0 Å². The molecule has 0 amide bonds. The third-order valence-electron chi connectivity index (χ3n) is 4.44. The monoisotopic (exact) mass is 261 g/mol. The maximum atomic E-state index is 12.8. The Morgan fingerprint density at radius 1 is 1.17 bits per heavy atom. The van der Waals surface area contributed by atoms with E-state index in [0.29, 0.717) is 6.42 Å². The number of nitrogens with two attached hydrogens (primary N) is 1. The average Bonchev–Trinajstić information content (AvgIpc) is 2.38. The van der Waals surface area contributed by atoms with Crippen molar-refractivity contribution in [2.75, 3.05) is 0 Å². The topological polar surface area (TPSA) is 26.0 Å². The van der Waals surface area contributed by atoms with Gasteiger partial charge in [0.2, 0.25) is 0 Å². The molecular formula is C14H22F3N. The Morgan fingerprint density at radius 2 is 1.94 bits per heavy atom. The number of halogens is 3. The van der Waals surface area contributed by atoms with E-state index in [2.05, 4.69) is 6.08 Å². The highest BCUT2D eigenvalue weighted by molar-refractivity contribution is 5.14. The van der Waals surface area contributed by atoms with Crippen molar-refractivity contribution in [3.63, 3.8) is 0 Å². The highest BCUT2D eigenvalue weighted by atomic mass is 19.4. The molecule has 2 N–H and O–H groups in total. The third kappa shape index (κ3) is 3.28. The summed E-state index contributed by atoms with van der Waals surface area (Å²) in [5.41, 5.74) is 7.40. The lowest BCUT2D eigenvalue weighted by atomic mass is 9.74. The molecule has 0 spiro atoms. The second-order valence-electron chi connectivity index (χ2n) is 5.72. The Hall–Kier alpha value is -0.510. The Bertz CT molecular complexity index is 309. The van der Waals surface area contributed by atoms with Crippen LogP contribution in [0.2, 0.25) is 0 Å². The predicted octanol–water partition coefficient (Wildman–Crippen LogP) is 4.18. The van der Waals surface area contributed by atoms with E-state index in [4.69, 9.17) is 5.73 Å². The van der Waals surface area contributed by atoms with Crippen LogP contribution in [0.4, 0.5) is 13.2 Å². The number of hydrogen-bond donors (Lipinski definition) is 1. The molecule has 0 aliphatic heterocycles. The number of alkyl halides is 3. The highest BCUT2D eigenvalue weighted by Crippen LogP contribution is 2.42. The summed E-state index contributed by atoms with van der Waals surface area (Å²) in [4.78, 5) is 0. The molecule has 2 rings (SSSR count). The van der Waals surface area contributed by atoms with E-state index in [1.807, 2.05) is 0 Å². The standard InChI is InChI=1S/C14H22F3N/c15-14(16,17)12-8-4-7-11(9-12)13(18)10-5-2-1-3-6-10/h5,11-13H,1-4,6-9,18H2. The van der Waals surface area contributed by atoms with Gasteiger partial charge in [-0.25, -0.2) is 0 Å². The van der Waals surface area contributed by atoms with Gasteiger partial charge in [-0.2, -0.15) is 13.2 Å². The molecule has 0 heterocycles. The van der Waals surface area contributed by atoms with Crippen LogP contribution < -0.4 is 5.73 Å². The zero-order chi connectivity index (χ0) is 13.2. The van der Waals surface area contributed by atoms with Crippen molar-refractivity contribution < 1.29 is 13.2 Å². The molecule has 18 heavy (non-hydrogen) atoms. The SMILES string of the molecule is NC(C1=CCCCC1)C1CCCC(C(F)(F)F)C1. The molecule has 3 atom stereocenters. The molecule has 2 aliphatic carbocycles. The quantitative estimate of drug-likeness (QED) is 0.741. The summed E-state index contributed by atoms with van der Waals surface area (Å²) in [7, 11) is 0. The van der Waals surface area contributed by atoms with Gasteiger partial charge in [0.15, 0.2) is 0 Å². The third-order valence-corrected chi connectivity index (χ3v) is 4.44. The molecule has 1 fully saturated rings. The van der Waals surface area contributed by atoms with Gasteiger partial charge < -0.3 is 5.73 Å². The van der Waals surface area contributed by atoms with Crippen molar-refractivity contribution in [2.45, 2.75) is 63.6 Å². The number of rotatable bonds is 2. The minimum absolute atomic E-state index is 0.0229. The first-order valence-electron chi connectivity index (χ1n) is 6.99. The number of hydrogen-bond acceptors (Lipinski definition) is 1. The van der Waals surface area contributed by atoms with Crippen LogP contribution in [0.3, 0.4) is 0 Å². The van der Waals surface area contributed by atoms with Crippen molar-refractivity contribution in [2.24, 2.45) is 17.6 Å². The van der Waals surface area contributed by atoms with E-state index >= 15 is 0 Å². The van der Waals surface area contributed by atoms with Gasteiger partial charge in [-0.05, 0) is 50.9 Å². The summed E-state index contributed by atoms with van der Waals surface area (Å²) in [6, 6.07) is -0.143. The smallest absolute Gasteiger partial charge is 0.324 e. The lowest BCUT2D eigenvalue weighted by Crippen LogP contribution is -2.39. The van der Waals surface area contributed by atoms with Gasteiger partial charge in [0, 0.05) is 6.04 Å². The van der Waals surface area contributed by atoms with Crippen molar-refractivity contribution in [3.05, 3.63) is 11.6 Å². The normalized spacial score (nSPS) is 31.9. The van der Waals surface area contributed by atoms with Gasteiger partial charge in [0.25, 0.3) is 0 Å². The van der Waals surface area contributed by atoms with E-state index in [9.17, 15) is 13.2 Å². The first-order chi connectivity index (χ1) is 8.48. The fourth-order valence-corrected chi connectivity index (χ4v) is 3.32. The lowest BCUT2D eigenvalue weighted by Gasteiger charge is -2.35. The van der Waals surface area contributed by atoms with Crippen LogP contribution in [0.25, 0.3) is 0 Å². The zero-order valence-corrected chi connectivity index (χ0v) is 10.7. The Kier molecular flexibility index (Phi) is 4.36. The van der Waals surface area contributed by atoms with E-state index in [0.717, 1.165) is 25.7 Å². The molecule has 3 unspecified atom stereocenters. The van der Waals surface area contributed by atoms with Gasteiger partial charge in [0.1, 0.15) is 0 Å². The van der Waals surface area contributed by atoms with Gasteiger partial charge >= 0.3 is 6.18 Å². The van der Waals surface area contributed by atoms with Crippen LogP contribution in [-0.2, 0) is 0 Å². The first-order valence-corrected chi connectivity index (χ1v) is 6.99. The van der Waals surface area contributed by atoms with Crippen molar-refractivity contribution in [1.29, 1.82) is 0 Å². The minimum Gasteiger partial charge on any atom is -0.324 e. The molecule has 1 nitrogen and oxygen atoms in total. The molecule has 0 saturated heterocycles. The predicted molar refractivity (Wildman–Crippen MR) is 66.0 cm³/mol. The summed E-state index contributed by atoms with van der Waals surface area (Å²) < 4.78 is 38.3. The molecule has 104 valence electrons. The molecular weight excluding hydrogens is 239 g/mol. The second-order valence-corrected chi connectivity index (χ2v) is 5.72. The summed E-state index contributed by atoms with van der Waals surface area (Å²) in [6.07, 6.45) is 4.48. The summed E-state index contributed by atoms with van der Waals surface area (Å²) in [5.74, 6) is -1.11. The second kappa shape index (κ2) is 5.64. The summed E-state index contributed by atoms with van der Waals surface area (Å²) >= 11 is 0. The molecule has 0 aromatic heterocycles. The molecule has 4 heteroatoms. The fourth-order valence-electron chi connectivity index (χ4n) is 3.32. The largest absolute Gasteiger partial charge is 0.391 e. The maximum absolute atomic E-state index is 12.8. The molecule has 0 bridgehead atoms. The summed E-state index contributed by atoms with van der Waals surface area (Å²) in [6.45, 7) is 0.